The summed E-state index contributed by atoms with van der Waals surface area (Å²) in [5, 5.41) is 4.40. The lowest BCUT2D eigenvalue weighted by Gasteiger charge is -2.11. The van der Waals surface area contributed by atoms with Crippen LogP contribution in [0.15, 0.2) is 22.7 Å². The summed E-state index contributed by atoms with van der Waals surface area (Å²) in [4.78, 5) is 4.42. The number of benzene rings is 1. The second-order valence-electron chi connectivity index (χ2n) is 4.57. The predicted octanol–water partition coefficient (Wildman–Crippen LogP) is 2.72. The zero-order chi connectivity index (χ0) is 13.7. The second-order valence-corrected chi connectivity index (χ2v) is 5.42. The Morgan fingerprint density at radius 2 is 2.00 bits per heavy atom. The molecule has 19 heavy (non-hydrogen) atoms. The number of fused-ring (bicyclic) bond motifs is 1. The van der Waals surface area contributed by atoms with Gasteiger partial charge in [0.2, 0.25) is 5.95 Å². The van der Waals surface area contributed by atoms with Crippen LogP contribution in [0.5, 0.6) is 0 Å². The van der Waals surface area contributed by atoms with Gasteiger partial charge < -0.3 is 5.73 Å². The van der Waals surface area contributed by atoms with Gasteiger partial charge >= 0.3 is 0 Å². The van der Waals surface area contributed by atoms with Crippen LogP contribution >= 0.6 is 15.9 Å². The lowest BCUT2D eigenvalue weighted by Crippen LogP contribution is -2.06. The average Bonchev–Trinajstić information content (AvgIpc) is 2.82. The van der Waals surface area contributed by atoms with Crippen LogP contribution in [0.4, 0.5) is 5.95 Å². The highest BCUT2D eigenvalue weighted by atomic mass is 79.9. The molecular formula is C13H14BrN5. The summed E-state index contributed by atoms with van der Waals surface area (Å²) in [6, 6.07) is 6.03. The van der Waals surface area contributed by atoms with Crippen molar-refractivity contribution in [2.75, 3.05) is 5.73 Å². The van der Waals surface area contributed by atoms with Crippen LogP contribution in [0.2, 0.25) is 0 Å². The molecule has 2 heterocycles. The molecule has 0 bridgehead atoms. The zero-order valence-electron chi connectivity index (χ0n) is 11.0. The third-order valence-electron chi connectivity index (χ3n) is 3.31. The number of hydrogen-bond donors (Lipinski definition) is 1. The lowest BCUT2D eigenvalue weighted by molar-refractivity contribution is 0.762. The molecule has 3 rings (SSSR count). The van der Waals surface area contributed by atoms with Gasteiger partial charge in [-0.2, -0.15) is 5.10 Å². The predicted molar refractivity (Wildman–Crippen MR) is 79.4 cm³/mol. The number of nitrogens with two attached hydrogens (primary N) is 1. The smallest absolute Gasteiger partial charge is 0.207 e. The van der Waals surface area contributed by atoms with Gasteiger partial charge in [0.1, 0.15) is 5.52 Å². The molecule has 5 nitrogen and oxygen atoms in total. The third-order valence-corrected chi connectivity index (χ3v) is 4.17. The Morgan fingerprint density at radius 3 is 2.74 bits per heavy atom. The van der Waals surface area contributed by atoms with E-state index in [9.17, 15) is 0 Å². The van der Waals surface area contributed by atoms with Crippen LogP contribution in [0.1, 0.15) is 11.3 Å². The highest BCUT2D eigenvalue weighted by Gasteiger charge is 2.18. The van der Waals surface area contributed by atoms with E-state index in [2.05, 4.69) is 26.0 Å². The summed E-state index contributed by atoms with van der Waals surface area (Å²) in [6.45, 7) is 3.99. The first-order chi connectivity index (χ1) is 9.00. The Hall–Kier alpha value is -1.82. The van der Waals surface area contributed by atoms with Crippen molar-refractivity contribution in [2.24, 2.45) is 7.05 Å². The Morgan fingerprint density at radius 1 is 1.26 bits per heavy atom. The SMILES string of the molecule is Cc1c(Br)cccc1-n1c(N)nc2c(C)nn(C)c21. The first-order valence-corrected chi connectivity index (χ1v) is 6.73. The Labute approximate surface area is 119 Å². The first-order valence-electron chi connectivity index (χ1n) is 5.93. The molecule has 2 N–H and O–H groups in total. The lowest BCUT2D eigenvalue weighted by atomic mass is 10.2. The molecule has 0 fully saturated rings. The summed E-state index contributed by atoms with van der Waals surface area (Å²) < 4.78 is 4.80. The first kappa shape index (κ1) is 12.2. The van der Waals surface area contributed by atoms with Crippen molar-refractivity contribution in [3.63, 3.8) is 0 Å². The van der Waals surface area contributed by atoms with E-state index in [1.54, 1.807) is 0 Å². The summed E-state index contributed by atoms with van der Waals surface area (Å²) >= 11 is 3.55. The molecule has 0 spiro atoms. The zero-order valence-corrected chi connectivity index (χ0v) is 12.6. The third kappa shape index (κ3) is 1.67. The van der Waals surface area contributed by atoms with Crippen LogP contribution in [0.3, 0.4) is 0 Å². The molecular weight excluding hydrogens is 306 g/mol. The van der Waals surface area contributed by atoms with Crippen molar-refractivity contribution in [2.45, 2.75) is 13.8 Å². The van der Waals surface area contributed by atoms with Crippen LogP contribution < -0.4 is 5.73 Å². The van der Waals surface area contributed by atoms with E-state index in [-0.39, 0.29) is 0 Å². The molecule has 0 atom stereocenters. The maximum absolute atomic E-state index is 6.08. The van der Waals surface area contributed by atoms with Crippen molar-refractivity contribution in [1.29, 1.82) is 0 Å². The van der Waals surface area contributed by atoms with Gasteiger partial charge in [0.05, 0.1) is 11.4 Å². The standard InChI is InChI=1S/C13H14BrN5/c1-7-9(14)5-4-6-10(7)19-12-11(16-13(19)15)8(2)17-18(12)3/h4-6H,1-3H3,(H2,15,16). The minimum absolute atomic E-state index is 0.479. The molecule has 0 aliphatic carbocycles. The van der Waals surface area contributed by atoms with Crippen LogP contribution in [0, 0.1) is 13.8 Å². The van der Waals surface area contributed by atoms with Gasteiger partial charge in [0.15, 0.2) is 5.65 Å². The molecule has 0 unspecified atom stereocenters. The van der Waals surface area contributed by atoms with Crippen molar-refractivity contribution in [1.82, 2.24) is 19.3 Å². The molecule has 3 aromatic rings. The van der Waals surface area contributed by atoms with Gasteiger partial charge in [-0.05, 0) is 31.5 Å². The maximum Gasteiger partial charge on any atom is 0.207 e. The van der Waals surface area contributed by atoms with E-state index in [4.69, 9.17) is 5.73 Å². The molecule has 1 aromatic carbocycles. The summed E-state index contributed by atoms with van der Waals surface area (Å²) in [6.07, 6.45) is 0. The van der Waals surface area contributed by atoms with Gasteiger partial charge in [-0.25, -0.2) is 9.67 Å². The average molecular weight is 320 g/mol. The molecule has 0 saturated heterocycles. The highest BCUT2D eigenvalue weighted by molar-refractivity contribution is 9.10. The number of nitrogens with zero attached hydrogens (tertiary/aromatic N) is 4. The van der Waals surface area contributed by atoms with Crippen molar-refractivity contribution in [3.8, 4) is 5.69 Å². The van der Waals surface area contributed by atoms with E-state index < -0.39 is 0 Å². The maximum atomic E-state index is 6.08. The number of nitrogen functional groups attached to an aromatic ring is 1. The normalized spacial score (nSPS) is 11.4. The van der Waals surface area contributed by atoms with Gasteiger partial charge in [0.25, 0.3) is 0 Å². The minimum Gasteiger partial charge on any atom is -0.369 e. The largest absolute Gasteiger partial charge is 0.369 e. The molecule has 0 radical (unpaired) electrons. The molecule has 98 valence electrons. The van der Waals surface area contributed by atoms with E-state index in [0.717, 1.165) is 32.6 Å². The summed E-state index contributed by atoms with van der Waals surface area (Å²) in [5.41, 5.74) is 10.9. The fourth-order valence-corrected chi connectivity index (χ4v) is 2.72. The summed E-state index contributed by atoms with van der Waals surface area (Å²) in [7, 11) is 1.90. The molecule has 2 aromatic heterocycles. The fourth-order valence-electron chi connectivity index (χ4n) is 2.37. The Bertz CT molecular complexity index is 784. The molecule has 6 heteroatoms. The Kier molecular flexibility index (Phi) is 2.63. The van der Waals surface area contributed by atoms with Crippen LogP contribution in [-0.4, -0.2) is 19.3 Å². The van der Waals surface area contributed by atoms with E-state index in [1.165, 1.54) is 0 Å². The van der Waals surface area contributed by atoms with Crippen molar-refractivity contribution < 1.29 is 0 Å². The van der Waals surface area contributed by atoms with Gasteiger partial charge in [0, 0.05) is 11.5 Å². The second kappa shape index (κ2) is 4.09. The number of hydrogen-bond acceptors (Lipinski definition) is 3. The molecule has 0 saturated carbocycles. The Balaban J connectivity index is 2.42. The monoisotopic (exact) mass is 319 g/mol. The van der Waals surface area contributed by atoms with Crippen molar-refractivity contribution >= 4 is 33.0 Å². The fraction of sp³-hybridized carbons (Fsp3) is 0.231. The van der Waals surface area contributed by atoms with E-state index in [0.29, 0.717) is 5.95 Å². The highest BCUT2D eigenvalue weighted by Crippen LogP contribution is 2.29. The van der Waals surface area contributed by atoms with E-state index >= 15 is 0 Å². The quantitative estimate of drug-likeness (QED) is 0.750. The topological polar surface area (TPSA) is 61.7 Å². The van der Waals surface area contributed by atoms with Gasteiger partial charge in [-0.1, -0.05) is 22.0 Å². The van der Waals surface area contributed by atoms with Crippen LogP contribution in [-0.2, 0) is 7.05 Å². The summed E-state index contributed by atoms with van der Waals surface area (Å²) in [5.74, 6) is 0.479. The number of anilines is 1. The number of aryl methyl sites for hydroxylation is 2. The number of rotatable bonds is 1. The number of halogens is 1. The van der Waals surface area contributed by atoms with E-state index in [1.807, 2.05) is 48.3 Å². The molecule has 0 aliphatic rings. The molecule has 0 aliphatic heterocycles. The van der Waals surface area contributed by atoms with Crippen LogP contribution in [0.25, 0.3) is 16.9 Å². The van der Waals surface area contributed by atoms with Gasteiger partial charge in [-0.3, -0.25) is 4.57 Å². The van der Waals surface area contributed by atoms with Gasteiger partial charge in [-0.15, -0.1) is 0 Å². The molecule has 0 amide bonds. The number of aromatic nitrogens is 4. The minimum atomic E-state index is 0.479. The van der Waals surface area contributed by atoms with Crippen molar-refractivity contribution in [3.05, 3.63) is 33.9 Å². The number of imidazole rings is 1.